The maximum Gasteiger partial charge on any atom is 0.319 e. The molecule has 0 fully saturated rings. The summed E-state index contributed by atoms with van der Waals surface area (Å²) < 4.78 is 10.9. The van der Waals surface area contributed by atoms with Crippen molar-refractivity contribution in [3.8, 4) is 11.5 Å². The smallest absolute Gasteiger partial charge is 0.319 e. The fourth-order valence-corrected chi connectivity index (χ4v) is 2.72. The number of ether oxygens (including phenoxy) is 2. The molecule has 2 amide bonds. The maximum absolute atomic E-state index is 12.2. The van der Waals surface area contributed by atoms with Crippen LogP contribution in [0.1, 0.15) is 11.1 Å². The number of methoxy groups -OCH3 is 1. The van der Waals surface area contributed by atoms with Crippen LogP contribution in [-0.2, 0) is 13.0 Å². The Bertz CT molecular complexity index is 880. The van der Waals surface area contributed by atoms with E-state index in [-0.39, 0.29) is 6.03 Å². The van der Waals surface area contributed by atoms with Gasteiger partial charge in [-0.05, 0) is 42.3 Å². The van der Waals surface area contributed by atoms with E-state index in [1.807, 2.05) is 78.9 Å². The Morgan fingerprint density at radius 3 is 2.32 bits per heavy atom. The first-order valence-corrected chi connectivity index (χ1v) is 9.18. The number of nitrogens with one attached hydrogen (secondary N) is 2. The number of benzene rings is 3. The monoisotopic (exact) mass is 376 g/mol. The summed E-state index contributed by atoms with van der Waals surface area (Å²) in [5.41, 5.74) is 2.79. The highest BCUT2D eigenvalue weighted by atomic mass is 16.5. The van der Waals surface area contributed by atoms with Gasteiger partial charge in [0.1, 0.15) is 18.1 Å². The van der Waals surface area contributed by atoms with Crippen molar-refractivity contribution in [1.29, 1.82) is 0 Å². The highest BCUT2D eigenvalue weighted by molar-refractivity contribution is 5.90. The molecular weight excluding hydrogens is 352 g/mol. The highest BCUT2D eigenvalue weighted by Crippen LogP contribution is 2.18. The summed E-state index contributed by atoms with van der Waals surface area (Å²) in [6.45, 7) is 0.924. The molecule has 0 aromatic heterocycles. The Morgan fingerprint density at radius 1 is 0.857 bits per heavy atom. The number of para-hydroxylation sites is 2. The summed E-state index contributed by atoms with van der Waals surface area (Å²) in [6, 6.07) is 24.8. The van der Waals surface area contributed by atoms with E-state index < -0.39 is 0 Å². The van der Waals surface area contributed by atoms with Crippen LogP contribution in [-0.4, -0.2) is 19.7 Å². The predicted octanol–water partition coefficient (Wildman–Crippen LogP) is 4.64. The first kappa shape index (κ1) is 19.3. The molecule has 144 valence electrons. The average Bonchev–Trinajstić information content (AvgIpc) is 2.74. The molecule has 5 heteroatoms. The van der Waals surface area contributed by atoms with Gasteiger partial charge in [0.05, 0.1) is 7.11 Å². The Labute approximate surface area is 165 Å². The summed E-state index contributed by atoms with van der Waals surface area (Å²) >= 11 is 0. The van der Waals surface area contributed by atoms with E-state index in [9.17, 15) is 4.79 Å². The van der Waals surface area contributed by atoms with E-state index in [1.165, 1.54) is 0 Å². The number of hydrogen-bond acceptors (Lipinski definition) is 3. The SMILES string of the molecule is COc1ccc(CCNC(=O)Nc2ccccc2COc2ccccc2)cc1. The molecule has 3 aromatic rings. The summed E-state index contributed by atoms with van der Waals surface area (Å²) in [6.07, 6.45) is 0.746. The van der Waals surface area contributed by atoms with Crippen molar-refractivity contribution in [3.05, 3.63) is 90.0 Å². The van der Waals surface area contributed by atoms with E-state index in [0.29, 0.717) is 13.2 Å². The zero-order valence-corrected chi connectivity index (χ0v) is 15.9. The van der Waals surface area contributed by atoms with Gasteiger partial charge in [-0.15, -0.1) is 0 Å². The average molecular weight is 376 g/mol. The van der Waals surface area contributed by atoms with Crippen LogP contribution in [0.4, 0.5) is 10.5 Å². The Morgan fingerprint density at radius 2 is 1.57 bits per heavy atom. The lowest BCUT2D eigenvalue weighted by molar-refractivity contribution is 0.252. The molecule has 0 heterocycles. The quantitative estimate of drug-likeness (QED) is 0.602. The molecule has 0 saturated carbocycles. The minimum Gasteiger partial charge on any atom is -0.497 e. The molecule has 0 atom stereocenters. The molecule has 0 unspecified atom stereocenters. The fraction of sp³-hybridized carbons (Fsp3) is 0.174. The molecule has 5 nitrogen and oxygen atoms in total. The standard InChI is InChI=1S/C23H24N2O3/c1-27-20-13-11-18(12-14-20)15-16-24-23(26)25-22-10-6-5-7-19(22)17-28-21-8-3-2-4-9-21/h2-14H,15-17H2,1H3,(H2,24,25,26). The molecule has 0 aliphatic heterocycles. The van der Waals surface area contributed by atoms with Crippen molar-refractivity contribution in [2.45, 2.75) is 13.0 Å². The topological polar surface area (TPSA) is 59.6 Å². The van der Waals surface area contributed by atoms with Crippen LogP contribution in [0.25, 0.3) is 0 Å². The first-order valence-electron chi connectivity index (χ1n) is 9.18. The predicted molar refractivity (Wildman–Crippen MR) is 111 cm³/mol. The molecule has 3 aromatic carbocycles. The minimum atomic E-state index is -0.235. The van der Waals surface area contributed by atoms with Crippen molar-refractivity contribution in [1.82, 2.24) is 5.32 Å². The van der Waals surface area contributed by atoms with E-state index in [2.05, 4.69) is 10.6 Å². The van der Waals surface area contributed by atoms with Gasteiger partial charge in [0.15, 0.2) is 0 Å². The van der Waals surface area contributed by atoms with E-state index in [1.54, 1.807) is 7.11 Å². The van der Waals surface area contributed by atoms with Gasteiger partial charge < -0.3 is 20.1 Å². The van der Waals surface area contributed by atoms with Gasteiger partial charge in [0.25, 0.3) is 0 Å². The van der Waals surface area contributed by atoms with Gasteiger partial charge in [-0.25, -0.2) is 4.79 Å². The van der Waals surface area contributed by atoms with E-state index >= 15 is 0 Å². The number of amides is 2. The van der Waals surface area contributed by atoms with Gasteiger partial charge >= 0.3 is 6.03 Å². The lowest BCUT2D eigenvalue weighted by Crippen LogP contribution is -2.30. The van der Waals surface area contributed by atoms with Crippen molar-refractivity contribution in [3.63, 3.8) is 0 Å². The normalized spacial score (nSPS) is 10.2. The lowest BCUT2D eigenvalue weighted by Gasteiger charge is -2.13. The van der Waals surface area contributed by atoms with Gasteiger partial charge in [0.2, 0.25) is 0 Å². The largest absolute Gasteiger partial charge is 0.497 e. The summed E-state index contributed by atoms with van der Waals surface area (Å²) in [5, 5.41) is 5.79. The number of hydrogen-bond donors (Lipinski definition) is 2. The summed E-state index contributed by atoms with van der Waals surface area (Å²) in [7, 11) is 1.64. The van der Waals surface area contributed by atoms with Gasteiger partial charge in [-0.2, -0.15) is 0 Å². The number of carbonyl (C=O) groups excluding carboxylic acids is 1. The zero-order chi connectivity index (χ0) is 19.6. The van der Waals surface area contributed by atoms with Crippen molar-refractivity contribution in [2.24, 2.45) is 0 Å². The Kier molecular flexibility index (Phi) is 6.90. The Balaban J connectivity index is 1.49. The van der Waals surface area contributed by atoms with Crippen LogP contribution in [0.15, 0.2) is 78.9 Å². The second-order valence-electron chi connectivity index (χ2n) is 6.24. The van der Waals surface area contributed by atoms with E-state index in [4.69, 9.17) is 9.47 Å². The third-order valence-electron chi connectivity index (χ3n) is 4.26. The molecule has 28 heavy (non-hydrogen) atoms. The van der Waals surface area contributed by atoms with Crippen molar-refractivity contribution < 1.29 is 14.3 Å². The first-order chi connectivity index (χ1) is 13.7. The van der Waals surface area contributed by atoms with Crippen LogP contribution in [0.3, 0.4) is 0 Å². The molecule has 0 radical (unpaired) electrons. The summed E-state index contributed by atoms with van der Waals surface area (Å²) in [4.78, 5) is 12.2. The van der Waals surface area contributed by atoms with Crippen LogP contribution in [0.5, 0.6) is 11.5 Å². The van der Waals surface area contributed by atoms with E-state index in [0.717, 1.165) is 34.7 Å². The molecule has 0 saturated heterocycles. The third-order valence-corrected chi connectivity index (χ3v) is 4.26. The van der Waals surface area contributed by atoms with Crippen LogP contribution >= 0.6 is 0 Å². The van der Waals surface area contributed by atoms with Crippen molar-refractivity contribution >= 4 is 11.7 Å². The van der Waals surface area contributed by atoms with Gasteiger partial charge in [0, 0.05) is 17.8 Å². The third kappa shape index (κ3) is 5.77. The number of carbonyl (C=O) groups is 1. The lowest BCUT2D eigenvalue weighted by atomic mass is 10.1. The van der Waals surface area contributed by atoms with Crippen LogP contribution in [0, 0.1) is 0 Å². The number of urea groups is 1. The molecule has 3 rings (SSSR count). The molecule has 0 bridgehead atoms. The highest BCUT2D eigenvalue weighted by Gasteiger charge is 2.07. The second-order valence-corrected chi connectivity index (χ2v) is 6.24. The van der Waals surface area contributed by atoms with Crippen LogP contribution in [0.2, 0.25) is 0 Å². The molecular formula is C23H24N2O3. The molecule has 2 N–H and O–H groups in total. The molecule has 0 aliphatic carbocycles. The maximum atomic E-state index is 12.2. The minimum absolute atomic E-state index is 0.235. The van der Waals surface area contributed by atoms with Crippen molar-refractivity contribution in [2.75, 3.05) is 19.0 Å². The fourth-order valence-electron chi connectivity index (χ4n) is 2.72. The Hall–Kier alpha value is -3.47. The molecule has 0 aliphatic rings. The zero-order valence-electron chi connectivity index (χ0n) is 15.9. The van der Waals surface area contributed by atoms with Gasteiger partial charge in [-0.1, -0.05) is 48.5 Å². The molecule has 0 spiro atoms. The van der Waals surface area contributed by atoms with Crippen LogP contribution < -0.4 is 20.1 Å². The number of anilines is 1. The number of rotatable bonds is 8. The summed E-state index contributed by atoms with van der Waals surface area (Å²) in [5.74, 6) is 1.62. The second kappa shape index (κ2) is 10.0. The van der Waals surface area contributed by atoms with Gasteiger partial charge in [-0.3, -0.25) is 0 Å².